The van der Waals surface area contributed by atoms with Gasteiger partial charge in [0.25, 0.3) is 0 Å². The number of nitrogens with zero attached hydrogens (tertiary/aromatic N) is 2. The first-order valence-corrected chi connectivity index (χ1v) is 12.1. The van der Waals surface area contributed by atoms with Crippen molar-refractivity contribution in [3.63, 3.8) is 0 Å². The Morgan fingerprint density at radius 2 is 1.74 bits per heavy atom. The van der Waals surface area contributed by atoms with E-state index in [0.717, 1.165) is 63.9 Å². The molecule has 0 spiro atoms. The lowest BCUT2D eigenvalue weighted by atomic mass is 10.0. The first-order valence-electron chi connectivity index (χ1n) is 10.5. The van der Waals surface area contributed by atoms with Gasteiger partial charge in [0.2, 0.25) is 5.78 Å². The maximum atomic E-state index is 13.4. The van der Waals surface area contributed by atoms with E-state index in [1.54, 1.807) is 0 Å². The molecule has 1 aromatic carbocycles. The lowest BCUT2D eigenvalue weighted by molar-refractivity contribution is 0.103. The fraction of sp³-hybridized carbons (Fsp3) is 0.375. The van der Waals surface area contributed by atoms with E-state index in [0.29, 0.717) is 12.2 Å². The second-order valence-electron chi connectivity index (χ2n) is 7.19. The molecule has 0 fully saturated rings. The normalized spacial score (nSPS) is 11.0. The number of rotatable bonds is 10. The number of aryl methyl sites for hydroxylation is 1. The summed E-state index contributed by atoms with van der Waals surface area (Å²) < 4.78 is 9.54. The molecule has 0 aliphatic rings. The first kappa shape index (κ1) is 25.9. The van der Waals surface area contributed by atoms with E-state index in [2.05, 4.69) is 63.6 Å². The molecule has 0 saturated heterocycles. The second-order valence-corrected chi connectivity index (χ2v) is 8.90. The molecule has 0 amide bonds. The molecule has 0 aliphatic heterocycles. The summed E-state index contributed by atoms with van der Waals surface area (Å²) in [5.41, 5.74) is 3.43. The predicted molar refractivity (Wildman–Crippen MR) is 137 cm³/mol. The molecule has 0 atom stereocenters. The van der Waals surface area contributed by atoms with Crippen LogP contribution in [0.25, 0.3) is 5.52 Å². The zero-order chi connectivity index (χ0) is 21.7. The maximum Gasteiger partial charge on any atom is 0.210 e. The van der Waals surface area contributed by atoms with E-state index in [1.807, 2.05) is 40.9 Å². The third-order valence-corrected chi connectivity index (χ3v) is 6.55. The van der Waals surface area contributed by atoms with Crippen molar-refractivity contribution in [1.29, 1.82) is 0 Å². The molecular formula is C24H29Br2ClN2O2. The minimum Gasteiger partial charge on any atom is -0.491 e. The van der Waals surface area contributed by atoms with Gasteiger partial charge in [-0.2, -0.15) is 0 Å². The number of ketones is 1. The van der Waals surface area contributed by atoms with Gasteiger partial charge in [0.15, 0.2) is 0 Å². The molecule has 31 heavy (non-hydrogen) atoms. The van der Waals surface area contributed by atoms with E-state index in [1.165, 1.54) is 0 Å². The van der Waals surface area contributed by atoms with Gasteiger partial charge in [0.05, 0.1) is 21.2 Å². The molecule has 0 unspecified atom stereocenters. The second kappa shape index (κ2) is 12.0. The summed E-state index contributed by atoms with van der Waals surface area (Å²) >= 11 is 7.20. The molecule has 3 rings (SSSR count). The van der Waals surface area contributed by atoms with Crippen molar-refractivity contribution in [3.8, 4) is 5.75 Å². The van der Waals surface area contributed by atoms with Gasteiger partial charge in [-0.05, 0) is 93.7 Å². The number of aromatic nitrogens is 1. The average Bonchev–Trinajstić information content (AvgIpc) is 3.13. The molecule has 3 aromatic rings. The highest BCUT2D eigenvalue weighted by molar-refractivity contribution is 9.11. The molecule has 2 aromatic heterocycles. The summed E-state index contributed by atoms with van der Waals surface area (Å²) in [5.74, 6) is 0.745. The molecule has 2 heterocycles. The topological polar surface area (TPSA) is 34.0 Å². The largest absolute Gasteiger partial charge is 0.491 e. The third-order valence-electron chi connectivity index (χ3n) is 5.37. The fourth-order valence-electron chi connectivity index (χ4n) is 3.67. The molecule has 7 heteroatoms. The Kier molecular flexibility index (Phi) is 10.1. The molecule has 0 N–H and O–H groups in total. The van der Waals surface area contributed by atoms with E-state index < -0.39 is 0 Å². The molecule has 0 bridgehead atoms. The van der Waals surface area contributed by atoms with Crippen molar-refractivity contribution in [3.05, 3.63) is 68.4 Å². The maximum absolute atomic E-state index is 13.4. The van der Waals surface area contributed by atoms with Crippen molar-refractivity contribution in [1.82, 2.24) is 9.30 Å². The quantitative estimate of drug-likeness (QED) is 0.198. The van der Waals surface area contributed by atoms with Gasteiger partial charge < -0.3 is 14.0 Å². The Balaban J connectivity index is 0.00000341. The van der Waals surface area contributed by atoms with Gasteiger partial charge in [0, 0.05) is 23.8 Å². The number of hydrogen-bond acceptors (Lipinski definition) is 3. The monoisotopic (exact) mass is 570 g/mol. The highest BCUT2D eigenvalue weighted by atomic mass is 79.9. The SMILES string of the molecule is CCc1cc2ccccn2c1C(=O)c1cc(Br)c(OCCCN(CC)CC)c(Br)c1.Cl. The fourth-order valence-corrected chi connectivity index (χ4v) is 5.09. The van der Waals surface area contributed by atoms with Crippen LogP contribution >= 0.6 is 44.3 Å². The van der Waals surface area contributed by atoms with Gasteiger partial charge >= 0.3 is 0 Å². The van der Waals surface area contributed by atoms with Gasteiger partial charge in [0.1, 0.15) is 5.75 Å². The molecule has 0 saturated carbocycles. The molecule has 0 radical (unpaired) electrons. The number of pyridine rings is 1. The van der Waals surface area contributed by atoms with Crippen molar-refractivity contribution in [2.24, 2.45) is 0 Å². The van der Waals surface area contributed by atoms with Crippen molar-refractivity contribution >= 4 is 55.6 Å². The van der Waals surface area contributed by atoms with Gasteiger partial charge in [-0.3, -0.25) is 4.79 Å². The summed E-state index contributed by atoms with van der Waals surface area (Å²) in [6.07, 6.45) is 3.70. The van der Waals surface area contributed by atoms with E-state index in [4.69, 9.17) is 4.74 Å². The van der Waals surface area contributed by atoms with Crippen LogP contribution in [0.4, 0.5) is 0 Å². The zero-order valence-corrected chi connectivity index (χ0v) is 22.1. The number of halogens is 3. The minimum atomic E-state index is 0. The molecular weight excluding hydrogens is 544 g/mol. The van der Waals surface area contributed by atoms with Crippen LogP contribution in [0, 0.1) is 0 Å². The van der Waals surface area contributed by atoms with Crippen LogP contribution in [-0.2, 0) is 6.42 Å². The van der Waals surface area contributed by atoms with E-state index >= 15 is 0 Å². The average molecular weight is 573 g/mol. The van der Waals surface area contributed by atoms with Crippen LogP contribution in [0.2, 0.25) is 0 Å². The molecule has 168 valence electrons. The van der Waals surface area contributed by atoms with Crippen LogP contribution < -0.4 is 4.74 Å². The summed E-state index contributed by atoms with van der Waals surface area (Å²) in [7, 11) is 0. The lowest BCUT2D eigenvalue weighted by Crippen LogP contribution is -2.25. The van der Waals surface area contributed by atoms with Crippen molar-refractivity contribution < 1.29 is 9.53 Å². The molecule has 0 aliphatic carbocycles. The number of carbonyl (C=O) groups is 1. The Labute approximate surface area is 207 Å². The van der Waals surface area contributed by atoms with Crippen molar-refractivity contribution in [2.45, 2.75) is 33.6 Å². The van der Waals surface area contributed by atoms with Crippen LogP contribution in [0.5, 0.6) is 5.75 Å². The standard InChI is InChI=1S/C24H28Br2N2O2.ClH/c1-4-17-14-19-10-7-8-12-28(19)22(17)23(29)18-15-20(25)24(21(26)16-18)30-13-9-11-27(5-2)6-3;/h7-8,10,12,14-16H,4-6,9,11,13H2,1-3H3;1H. The molecule has 4 nitrogen and oxygen atoms in total. The van der Waals surface area contributed by atoms with Gasteiger partial charge in [-0.15, -0.1) is 12.4 Å². The Morgan fingerprint density at radius 3 is 2.35 bits per heavy atom. The van der Waals surface area contributed by atoms with E-state index in [-0.39, 0.29) is 18.2 Å². The summed E-state index contributed by atoms with van der Waals surface area (Å²) in [6, 6.07) is 11.8. The minimum absolute atomic E-state index is 0. The smallest absolute Gasteiger partial charge is 0.210 e. The lowest BCUT2D eigenvalue weighted by Gasteiger charge is -2.18. The van der Waals surface area contributed by atoms with Crippen LogP contribution in [-0.4, -0.2) is 41.3 Å². The third kappa shape index (κ3) is 5.92. The summed E-state index contributed by atoms with van der Waals surface area (Å²) in [5, 5.41) is 0. The summed E-state index contributed by atoms with van der Waals surface area (Å²) in [6.45, 7) is 10.2. The Bertz CT molecular complexity index is 1010. The first-order chi connectivity index (χ1) is 14.5. The predicted octanol–water partition coefficient (Wildman–Crippen LogP) is 6.79. The number of benzene rings is 1. The van der Waals surface area contributed by atoms with Crippen LogP contribution in [0.15, 0.2) is 51.5 Å². The van der Waals surface area contributed by atoms with Crippen LogP contribution in [0.3, 0.4) is 0 Å². The number of fused-ring (bicyclic) bond motifs is 1. The van der Waals surface area contributed by atoms with Gasteiger partial charge in [-0.25, -0.2) is 0 Å². The Hall–Kier alpha value is -1.34. The van der Waals surface area contributed by atoms with E-state index in [9.17, 15) is 4.79 Å². The highest BCUT2D eigenvalue weighted by Crippen LogP contribution is 2.36. The number of hydrogen-bond donors (Lipinski definition) is 0. The number of carbonyl (C=O) groups excluding carboxylic acids is 1. The summed E-state index contributed by atoms with van der Waals surface area (Å²) in [4.78, 5) is 15.8. The zero-order valence-electron chi connectivity index (χ0n) is 18.2. The van der Waals surface area contributed by atoms with Crippen LogP contribution in [0.1, 0.15) is 48.8 Å². The Morgan fingerprint density at radius 1 is 1.06 bits per heavy atom. The van der Waals surface area contributed by atoms with Gasteiger partial charge in [-0.1, -0.05) is 26.8 Å². The van der Waals surface area contributed by atoms with Crippen molar-refractivity contribution in [2.75, 3.05) is 26.2 Å². The number of ether oxygens (including phenoxy) is 1. The highest BCUT2D eigenvalue weighted by Gasteiger charge is 2.20.